The van der Waals surface area contributed by atoms with Crippen molar-refractivity contribution in [2.24, 2.45) is 5.92 Å². The van der Waals surface area contributed by atoms with E-state index in [-0.39, 0.29) is 34.9 Å². The van der Waals surface area contributed by atoms with Crippen LogP contribution in [-0.2, 0) is 9.53 Å². The molecule has 2 heterocycles. The molecular formula is C25H22N4O5. The third-order valence-electron chi connectivity index (χ3n) is 5.48. The van der Waals surface area contributed by atoms with E-state index < -0.39 is 36.2 Å². The van der Waals surface area contributed by atoms with Gasteiger partial charge < -0.3 is 14.8 Å². The summed E-state index contributed by atoms with van der Waals surface area (Å²) >= 11 is 0. The van der Waals surface area contributed by atoms with E-state index in [4.69, 9.17) is 4.74 Å². The molecule has 2 amide bonds. The second kappa shape index (κ2) is 9.19. The van der Waals surface area contributed by atoms with E-state index in [0.717, 1.165) is 4.90 Å². The minimum atomic E-state index is -1.17. The molecule has 0 saturated carbocycles. The van der Waals surface area contributed by atoms with Crippen LogP contribution in [0.1, 0.15) is 46.8 Å². The van der Waals surface area contributed by atoms with E-state index in [1.807, 2.05) is 19.9 Å². The highest BCUT2D eigenvalue weighted by Gasteiger charge is 2.43. The lowest BCUT2D eigenvalue weighted by Gasteiger charge is -2.26. The van der Waals surface area contributed by atoms with Crippen LogP contribution in [0.2, 0.25) is 0 Å². The van der Waals surface area contributed by atoms with Crippen LogP contribution < -0.4 is 0 Å². The number of carbonyl (C=O) groups is 3. The van der Waals surface area contributed by atoms with Gasteiger partial charge in [0.15, 0.2) is 11.6 Å². The highest BCUT2D eigenvalue weighted by molar-refractivity contribution is 6.22. The minimum Gasteiger partial charge on any atom is -0.507 e. The van der Waals surface area contributed by atoms with Gasteiger partial charge in [-0.15, -0.1) is 0 Å². The molecule has 0 saturated heterocycles. The van der Waals surface area contributed by atoms with Crippen LogP contribution in [0.15, 0.2) is 54.3 Å². The number of ether oxygens (including phenoxy) is 1. The topological polar surface area (TPSA) is 136 Å². The first-order valence-electron chi connectivity index (χ1n) is 10.7. The van der Waals surface area contributed by atoms with E-state index in [0.29, 0.717) is 11.0 Å². The van der Waals surface area contributed by atoms with Crippen molar-refractivity contribution in [3.63, 3.8) is 0 Å². The summed E-state index contributed by atoms with van der Waals surface area (Å²) in [6.45, 7) is 3.09. The van der Waals surface area contributed by atoms with Gasteiger partial charge in [0.05, 0.1) is 22.2 Å². The molecule has 2 aromatic carbocycles. The molecule has 34 heavy (non-hydrogen) atoms. The van der Waals surface area contributed by atoms with E-state index in [1.165, 1.54) is 12.1 Å². The van der Waals surface area contributed by atoms with E-state index in [1.54, 1.807) is 36.4 Å². The Balaban J connectivity index is 1.56. The summed E-state index contributed by atoms with van der Waals surface area (Å²) in [4.78, 5) is 46.9. The Morgan fingerprint density at radius 2 is 1.74 bits per heavy atom. The maximum absolute atomic E-state index is 13.0. The lowest BCUT2D eigenvalue weighted by molar-refractivity contribution is -0.148. The molecule has 0 aliphatic carbocycles. The van der Waals surface area contributed by atoms with Crippen LogP contribution in [0, 0.1) is 17.2 Å². The highest BCUT2D eigenvalue weighted by Crippen LogP contribution is 2.28. The van der Waals surface area contributed by atoms with Gasteiger partial charge in [0.1, 0.15) is 24.3 Å². The Kier molecular flexibility index (Phi) is 6.15. The number of aliphatic hydroxyl groups is 1. The van der Waals surface area contributed by atoms with Gasteiger partial charge in [0.25, 0.3) is 11.8 Å². The standard InChI is InChI=1S/C25H22N4O5/c1-14(2)11-20(29-23(31)15-7-3-4-8-16(15)24(29)32)25(33)34-13-21(30)17(12-26)22-27-18-9-5-6-10-19(18)28-22/h3-10,14,20,30H,11,13H2,1-2H3,(H,27,28)/t20-/m0/s1. The molecule has 0 unspecified atom stereocenters. The number of aliphatic hydroxyl groups excluding tert-OH is 1. The number of nitriles is 1. The number of benzene rings is 2. The average Bonchev–Trinajstić information content (AvgIpc) is 3.35. The Morgan fingerprint density at radius 3 is 2.32 bits per heavy atom. The number of H-pyrrole nitrogens is 1. The largest absolute Gasteiger partial charge is 0.507 e. The Labute approximate surface area is 195 Å². The molecular weight excluding hydrogens is 436 g/mol. The second-order valence-electron chi connectivity index (χ2n) is 8.32. The fraction of sp³-hybridized carbons (Fsp3) is 0.240. The first-order chi connectivity index (χ1) is 16.3. The van der Waals surface area contributed by atoms with Crippen LogP contribution in [0.25, 0.3) is 16.6 Å². The molecule has 1 aromatic heterocycles. The van der Waals surface area contributed by atoms with Gasteiger partial charge >= 0.3 is 5.97 Å². The van der Waals surface area contributed by atoms with Crippen LogP contribution in [0.4, 0.5) is 0 Å². The quantitative estimate of drug-likeness (QED) is 0.239. The number of nitrogens with one attached hydrogen (secondary N) is 1. The SMILES string of the molecule is CC(C)C[C@@H](C(=O)OCC(O)=C(C#N)c1nc2ccccc2[nH]1)N1C(=O)c2ccccc2C1=O. The number of aromatic nitrogens is 2. The molecule has 4 rings (SSSR count). The number of fused-ring (bicyclic) bond motifs is 2. The van der Waals surface area contributed by atoms with Gasteiger partial charge in [-0.25, -0.2) is 9.78 Å². The predicted octanol–water partition coefficient (Wildman–Crippen LogP) is 3.61. The van der Waals surface area contributed by atoms with Gasteiger partial charge in [0, 0.05) is 0 Å². The summed E-state index contributed by atoms with van der Waals surface area (Å²) in [5, 5.41) is 20.0. The van der Waals surface area contributed by atoms with Gasteiger partial charge in [-0.05, 0) is 36.6 Å². The predicted molar refractivity (Wildman–Crippen MR) is 122 cm³/mol. The summed E-state index contributed by atoms with van der Waals surface area (Å²) in [6, 6.07) is 14.2. The molecule has 0 fully saturated rings. The molecule has 1 aliphatic heterocycles. The fourth-order valence-electron chi connectivity index (χ4n) is 3.88. The summed E-state index contributed by atoms with van der Waals surface area (Å²) < 4.78 is 5.27. The number of allylic oxidation sites excluding steroid dienone is 1. The normalized spacial score (nSPS) is 14.7. The lowest BCUT2D eigenvalue weighted by Crippen LogP contribution is -2.46. The number of esters is 1. The third-order valence-corrected chi connectivity index (χ3v) is 5.48. The average molecular weight is 458 g/mol. The monoisotopic (exact) mass is 458 g/mol. The van der Waals surface area contributed by atoms with Crippen molar-refractivity contribution in [1.82, 2.24) is 14.9 Å². The van der Waals surface area contributed by atoms with Crippen molar-refractivity contribution in [2.75, 3.05) is 6.61 Å². The minimum absolute atomic E-state index is 0.0313. The molecule has 2 N–H and O–H groups in total. The summed E-state index contributed by atoms with van der Waals surface area (Å²) in [5.41, 5.74) is 1.57. The molecule has 0 bridgehead atoms. The van der Waals surface area contributed by atoms with E-state index in [2.05, 4.69) is 9.97 Å². The van der Waals surface area contributed by atoms with Crippen molar-refractivity contribution in [2.45, 2.75) is 26.3 Å². The number of imide groups is 1. The summed E-state index contributed by atoms with van der Waals surface area (Å²) in [6.07, 6.45) is 0.184. The lowest BCUT2D eigenvalue weighted by atomic mass is 10.0. The third kappa shape index (κ3) is 4.13. The zero-order chi connectivity index (χ0) is 24.4. The Hall–Kier alpha value is -4.45. The Morgan fingerprint density at radius 1 is 1.12 bits per heavy atom. The zero-order valence-corrected chi connectivity index (χ0v) is 18.6. The van der Waals surface area contributed by atoms with Gasteiger partial charge in [-0.3, -0.25) is 14.5 Å². The van der Waals surface area contributed by atoms with Gasteiger partial charge in [-0.1, -0.05) is 38.1 Å². The highest BCUT2D eigenvalue weighted by atomic mass is 16.5. The van der Waals surface area contributed by atoms with Crippen LogP contribution in [0.3, 0.4) is 0 Å². The van der Waals surface area contributed by atoms with Crippen LogP contribution >= 0.6 is 0 Å². The van der Waals surface area contributed by atoms with Crippen molar-refractivity contribution < 1.29 is 24.2 Å². The van der Waals surface area contributed by atoms with Gasteiger partial charge in [-0.2, -0.15) is 5.26 Å². The Bertz CT molecular complexity index is 1300. The van der Waals surface area contributed by atoms with E-state index in [9.17, 15) is 24.8 Å². The number of rotatable bonds is 7. The molecule has 172 valence electrons. The molecule has 0 spiro atoms. The first-order valence-corrected chi connectivity index (χ1v) is 10.7. The second-order valence-corrected chi connectivity index (χ2v) is 8.32. The van der Waals surface area contributed by atoms with Crippen LogP contribution in [0.5, 0.6) is 0 Å². The maximum atomic E-state index is 13.0. The summed E-state index contributed by atoms with van der Waals surface area (Å²) in [7, 11) is 0. The number of para-hydroxylation sites is 2. The number of hydrogen-bond acceptors (Lipinski definition) is 7. The number of nitrogens with zero attached hydrogens (tertiary/aromatic N) is 3. The number of aromatic amines is 1. The fourth-order valence-corrected chi connectivity index (χ4v) is 3.88. The van der Waals surface area contributed by atoms with E-state index >= 15 is 0 Å². The first kappa shape index (κ1) is 22.7. The van der Waals surface area contributed by atoms with Crippen molar-refractivity contribution >= 4 is 34.4 Å². The maximum Gasteiger partial charge on any atom is 0.329 e. The zero-order valence-electron chi connectivity index (χ0n) is 18.6. The molecule has 1 atom stereocenters. The van der Waals surface area contributed by atoms with Crippen molar-refractivity contribution in [3.05, 3.63) is 71.2 Å². The number of carbonyl (C=O) groups excluding carboxylic acids is 3. The molecule has 9 heteroatoms. The van der Waals surface area contributed by atoms with Crippen LogP contribution in [-0.4, -0.2) is 50.4 Å². The number of imidazole rings is 1. The number of hydrogen-bond donors (Lipinski definition) is 2. The van der Waals surface area contributed by atoms with Crippen molar-refractivity contribution in [1.29, 1.82) is 5.26 Å². The molecule has 1 aliphatic rings. The van der Waals surface area contributed by atoms with Gasteiger partial charge in [0.2, 0.25) is 0 Å². The van der Waals surface area contributed by atoms with Crippen molar-refractivity contribution in [3.8, 4) is 6.07 Å². The number of amides is 2. The summed E-state index contributed by atoms with van der Waals surface area (Å²) in [5.74, 6) is -2.38. The molecule has 3 aromatic rings. The molecule has 9 nitrogen and oxygen atoms in total. The smallest absolute Gasteiger partial charge is 0.329 e. The molecule has 0 radical (unpaired) electrons.